The van der Waals surface area contributed by atoms with Crippen molar-refractivity contribution in [2.45, 2.75) is 0 Å². The van der Waals surface area contributed by atoms with Crippen LogP contribution in [0.2, 0.25) is 0 Å². The van der Waals surface area contributed by atoms with Gasteiger partial charge in [-0.15, -0.1) is 81.1 Å². The van der Waals surface area contributed by atoms with Crippen molar-refractivity contribution in [3.05, 3.63) is 47.3 Å². The monoisotopic (exact) mass is 608 g/mol. The van der Waals surface area contributed by atoms with Crippen LogP contribution in [0.1, 0.15) is 9.75 Å². The molecule has 0 amide bonds. The summed E-state index contributed by atoms with van der Waals surface area (Å²) >= 11 is 20.9. The average Bonchev–Trinajstić information content (AvgIpc) is 3.55. The summed E-state index contributed by atoms with van der Waals surface area (Å²) < 4.78 is 14.3. The molecule has 0 nitrogen and oxygen atoms in total. The zero-order valence-electron chi connectivity index (χ0n) is 16.8. The van der Waals surface area contributed by atoms with Crippen LogP contribution in [0, 0.1) is 0 Å². The summed E-state index contributed by atoms with van der Waals surface area (Å²) in [7, 11) is 0. The maximum Gasteiger partial charge on any atom is 0.0657 e. The molecule has 2 aliphatic heterocycles. The van der Waals surface area contributed by atoms with Gasteiger partial charge < -0.3 is 0 Å². The molecule has 0 unspecified atom stereocenters. The Morgan fingerprint density at radius 3 is 1.23 bits per heavy atom. The van der Waals surface area contributed by atoms with Crippen LogP contribution < -0.4 is 0 Å². The minimum absolute atomic E-state index is 1.37. The number of hydrogen-bond donors (Lipinski definition) is 0. The van der Waals surface area contributed by atoms with E-state index in [4.69, 9.17) is 0 Å². The zero-order valence-corrected chi connectivity index (χ0v) is 25.8. The van der Waals surface area contributed by atoms with Crippen LogP contribution in [0.4, 0.5) is 0 Å². The summed E-state index contributed by atoms with van der Waals surface area (Å²) in [6.07, 6.45) is 13.4. The van der Waals surface area contributed by atoms with E-state index in [2.05, 4.69) is 49.3 Å². The summed E-state index contributed by atoms with van der Waals surface area (Å²) in [5, 5.41) is 0. The molecule has 3 aromatic rings. The standard InChI is InChI=1S/C20H16S11/c1-21-17-18(22-2)29-13(28-17)7-9-5-11-15(25-9)16-12(27-11)6-10(26-16)8-14-30-19(23-3)20(24-4)31-14/h5-8H,1-4H3. The molecule has 3 aromatic heterocycles. The van der Waals surface area contributed by atoms with Gasteiger partial charge >= 0.3 is 0 Å². The molecule has 2 aliphatic rings. The molecule has 0 saturated carbocycles. The van der Waals surface area contributed by atoms with Crippen LogP contribution in [0.25, 0.3) is 31.0 Å². The van der Waals surface area contributed by atoms with Gasteiger partial charge in [0.05, 0.1) is 34.8 Å². The smallest absolute Gasteiger partial charge is 0.0657 e. The Kier molecular flexibility index (Phi) is 8.20. The second-order valence-electron chi connectivity index (χ2n) is 6.09. The summed E-state index contributed by atoms with van der Waals surface area (Å²) in [5.41, 5.74) is 0. The SMILES string of the molecule is CSC1=C(SC)SC(=Cc2cc3sc4cc(C=C5SC(SC)=C(SC)S5)sc4c3s2)S1. The molecule has 31 heavy (non-hydrogen) atoms. The lowest BCUT2D eigenvalue weighted by molar-refractivity contribution is 2.08. The van der Waals surface area contributed by atoms with Crippen LogP contribution in [0.5, 0.6) is 0 Å². The fourth-order valence-corrected chi connectivity index (χ4v) is 17.0. The van der Waals surface area contributed by atoms with E-state index in [1.54, 1.807) is 0 Å². The molecule has 0 spiro atoms. The molecule has 0 radical (unpaired) electrons. The first-order valence-corrected chi connectivity index (χ1v) is 19.5. The van der Waals surface area contributed by atoms with E-state index in [0.717, 1.165) is 0 Å². The van der Waals surface area contributed by atoms with Crippen molar-refractivity contribution >= 4 is 159 Å². The molecule has 0 saturated heterocycles. The molecule has 0 atom stereocenters. The third-order valence-electron chi connectivity index (χ3n) is 4.23. The van der Waals surface area contributed by atoms with E-state index >= 15 is 0 Å². The Hall–Kier alpha value is 1.38. The summed E-state index contributed by atoms with van der Waals surface area (Å²) in [6, 6.07) is 4.75. The Morgan fingerprint density at radius 2 is 0.903 bits per heavy atom. The van der Waals surface area contributed by atoms with Crippen molar-refractivity contribution in [1.29, 1.82) is 0 Å². The number of thiophene rings is 3. The van der Waals surface area contributed by atoms with Crippen LogP contribution in [0.15, 0.2) is 37.6 Å². The van der Waals surface area contributed by atoms with Crippen LogP contribution in [0.3, 0.4) is 0 Å². The van der Waals surface area contributed by atoms with E-state index in [9.17, 15) is 0 Å². The fourth-order valence-electron chi connectivity index (χ4n) is 2.94. The zero-order chi connectivity index (χ0) is 21.5. The first kappa shape index (κ1) is 24.1. The molecule has 0 aromatic carbocycles. The van der Waals surface area contributed by atoms with Gasteiger partial charge in [-0.1, -0.05) is 47.0 Å². The van der Waals surface area contributed by atoms with Gasteiger partial charge in [0.1, 0.15) is 0 Å². The molecule has 0 N–H and O–H groups in total. The lowest BCUT2D eigenvalue weighted by Gasteiger charge is -1.94. The number of fused-ring (bicyclic) bond motifs is 3. The van der Waals surface area contributed by atoms with Gasteiger partial charge in [-0.2, -0.15) is 0 Å². The number of rotatable bonds is 6. The van der Waals surface area contributed by atoms with Crippen molar-refractivity contribution in [3.63, 3.8) is 0 Å². The third kappa shape index (κ3) is 5.03. The van der Waals surface area contributed by atoms with Crippen LogP contribution >= 0.6 is 128 Å². The van der Waals surface area contributed by atoms with Crippen molar-refractivity contribution in [2.24, 2.45) is 0 Å². The lowest BCUT2D eigenvalue weighted by Crippen LogP contribution is -1.63. The van der Waals surface area contributed by atoms with Gasteiger partial charge in [0.2, 0.25) is 0 Å². The van der Waals surface area contributed by atoms with E-state index in [1.807, 2.05) is 128 Å². The molecule has 162 valence electrons. The van der Waals surface area contributed by atoms with Crippen LogP contribution in [-0.4, -0.2) is 25.0 Å². The van der Waals surface area contributed by atoms with Crippen molar-refractivity contribution < 1.29 is 0 Å². The minimum atomic E-state index is 1.37. The molecule has 0 bridgehead atoms. The van der Waals surface area contributed by atoms with E-state index < -0.39 is 0 Å². The van der Waals surface area contributed by atoms with Crippen molar-refractivity contribution in [1.82, 2.24) is 0 Å². The van der Waals surface area contributed by atoms with Gasteiger partial charge in [-0.25, -0.2) is 0 Å². The normalized spacial score (nSPS) is 17.3. The van der Waals surface area contributed by atoms with Crippen molar-refractivity contribution in [3.8, 4) is 0 Å². The summed E-state index contributed by atoms with van der Waals surface area (Å²) in [4.78, 5) is 2.74. The highest BCUT2D eigenvalue weighted by molar-refractivity contribution is 8.41. The third-order valence-corrected chi connectivity index (χ3v) is 18.1. The van der Waals surface area contributed by atoms with Gasteiger partial charge in [0, 0.05) is 19.2 Å². The Balaban J connectivity index is 1.40. The van der Waals surface area contributed by atoms with Gasteiger partial charge in [-0.05, 0) is 49.3 Å². The van der Waals surface area contributed by atoms with E-state index in [0.29, 0.717) is 0 Å². The molecule has 5 rings (SSSR count). The topological polar surface area (TPSA) is 0 Å². The first-order chi connectivity index (χ1) is 15.1. The lowest BCUT2D eigenvalue weighted by atomic mass is 10.4. The largest absolute Gasteiger partial charge is 0.133 e. The molecule has 0 fully saturated rings. The Morgan fingerprint density at radius 1 is 0.548 bits per heavy atom. The first-order valence-electron chi connectivity index (χ1n) is 8.87. The Bertz CT molecular complexity index is 1140. The van der Waals surface area contributed by atoms with Gasteiger partial charge in [0.15, 0.2) is 0 Å². The average molecular weight is 609 g/mol. The second-order valence-corrected chi connectivity index (χ2v) is 18.4. The Labute approximate surface area is 228 Å². The molecule has 5 heterocycles. The maximum absolute atomic E-state index is 2.38. The summed E-state index contributed by atoms with van der Waals surface area (Å²) in [5.74, 6) is 0. The minimum Gasteiger partial charge on any atom is -0.133 e. The second kappa shape index (κ2) is 10.6. The molecular formula is C20H16S11. The highest BCUT2D eigenvalue weighted by Crippen LogP contribution is 2.58. The quantitative estimate of drug-likeness (QED) is 0.267. The molecule has 0 aliphatic carbocycles. The summed E-state index contributed by atoms with van der Waals surface area (Å²) in [6.45, 7) is 0. The van der Waals surface area contributed by atoms with Crippen molar-refractivity contribution in [2.75, 3.05) is 25.0 Å². The van der Waals surface area contributed by atoms with Gasteiger partial charge in [-0.3, -0.25) is 0 Å². The predicted octanol–water partition coefficient (Wildman–Crippen LogP) is 11.4. The fraction of sp³-hybridized carbons (Fsp3) is 0.200. The van der Waals surface area contributed by atoms with Crippen LogP contribution in [-0.2, 0) is 0 Å². The highest BCUT2D eigenvalue weighted by Gasteiger charge is 2.22. The molecular weight excluding hydrogens is 593 g/mol. The van der Waals surface area contributed by atoms with E-state index in [1.165, 1.54) is 54.0 Å². The van der Waals surface area contributed by atoms with E-state index in [-0.39, 0.29) is 0 Å². The predicted molar refractivity (Wildman–Crippen MR) is 170 cm³/mol. The number of thioether (sulfide) groups is 8. The highest BCUT2D eigenvalue weighted by atomic mass is 32.3. The maximum atomic E-state index is 2.38. The number of hydrogen-bond acceptors (Lipinski definition) is 11. The molecule has 11 heteroatoms. The van der Waals surface area contributed by atoms with Gasteiger partial charge in [0.25, 0.3) is 0 Å².